The SMILES string of the molecule is COC(=O)c1ccc(N2CCN(C(C)c3ccc(F)cc3F)CC2)nn1. The Morgan fingerprint density at radius 1 is 1.12 bits per heavy atom. The molecule has 1 aliphatic heterocycles. The summed E-state index contributed by atoms with van der Waals surface area (Å²) in [5, 5.41) is 7.96. The van der Waals surface area contributed by atoms with E-state index >= 15 is 0 Å². The predicted molar refractivity (Wildman–Crippen MR) is 91.9 cm³/mol. The molecule has 3 rings (SSSR count). The molecule has 1 aromatic heterocycles. The third kappa shape index (κ3) is 3.80. The van der Waals surface area contributed by atoms with Gasteiger partial charge in [0, 0.05) is 43.9 Å². The first kappa shape index (κ1) is 18.2. The molecule has 0 spiro atoms. The first-order valence-corrected chi connectivity index (χ1v) is 8.35. The van der Waals surface area contributed by atoms with Crippen LogP contribution in [0.2, 0.25) is 0 Å². The maximum absolute atomic E-state index is 14.0. The van der Waals surface area contributed by atoms with Crippen LogP contribution in [-0.4, -0.2) is 54.4 Å². The van der Waals surface area contributed by atoms with Gasteiger partial charge in [-0.15, -0.1) is 10.2 Å². The molecule has 0 radical (unpaired) electrons. The van der Waals surface area contributed by atoms with Gasteiger partial charge < -0.3 is 9.64 Å². The number of piperazine rings is 1. The Hall–Kier alpha value is -2.61. The lowest BCUT2D eigenvalue weighted by atomic mass is 10.1. The van der Waals surface area contributed by atoms with Crippen LogP contribution in [0.4, 0.5) is 14.6 Å². The van der Waals surface area contributed by atoms with Gasteiger partial charge in [0.15, 0.2) is 11.5 Å². The van der Waals surface area contributed by atoms with Gasteiger partial charge in [0.2, 0.25) is 0 Å². The van der Waals surface area contributed by atoms with Crippen LogP contribution in [0.25, 0.3) is 0 Å². The van der Waals surface area contributed by atoms with Crippen molar-refractivity contribution in [3.63, 3.8) is 0 Å². The highest BCUT2D eigenvalue weighted by atomic mass is 19.1. The van der Waals surface area contributed by atoms with E-state index in [1.165, 1.54) is 19.2 Å². The van der Waals surface area contributed by atoms with Crippen LogP contribution >= 0.6 is 0 Å². The third-order valence-electron chi connectivity index (χ3n) is 4.64. The van der Waals surface area contributed by atoms with Crippen molar-refractivity contribution in [1.29, 1.82) is 0 Å². The van der Waals surface area contributed by atoms with Gasteiger partial charge in [0.1, 0.15) is 11.6 Å². The highest BCUT2D eigenvalue weighted by Crippen LogP contribution is 2.25. The van der Waals surface area contributed by atoms with Crippen LogP contribution in [0, 0.1) is 11.6 Å². The van der Waals surface area contributed by atoms with Gasteiger partial charge in [-0.3, -0.25) is 4.90 Å². The molecular weight excluding hydrogens is 342 g/mol. The van der Waals surface area contributed by atoms with Crippen LogP contribution in [0.15, 0.2) is 30.3 Å². The molecule has 1 unspecified atom stereocenters. The topological polar surface area (TPSA) is 58.6 Å². The molecule has 0 aliphatic carbocycles. The van der Waals surface area contributed by atoms with Crippen molar-refractivity contribution < 1.29 is 18.3 Å². The molecule has 6 nitrogen and oxygen atoms in total. The van der Waals surface area contributed by atoms with Crippen LogP contribution in [0.3, 0.4) is 0 Å². The fourth-order valence-electron chi connectivity index (χ4n) is 3.08. The Morgan fingerprint density at radius 2 is 1.85 bits per heavy atom. The lowest BCUT2D eigenvalue weighted by Gasteiger charge is -2.38. The number of esters is 1. The second-order valence-electron chi connectivity index (χ2n) is 6.13. The zero-order chi connectivity index (χ0) is 18.7. The number of benzene rings is 1. The Labute approximate surface area is 150 Å². The highest BCUT2D eigenvalue weighted by Gasteiger charge is 2.25. The van der Waals surface area contributed by atoms with E-state index in [2.05, 4.69) is 24.7 Å². The number of hydrogen-bond acceptors (Lipinski definition) is 6. The first-order valence-electron chi connectivity index (χ1n) is 8.35. The fourth-order valence-corrected chi connectivity index (χ4v) is 3.08. The van der Waals surface area contributed by atoms with Gasteiger partial charge in [-0.2, -0.15) is 0 Å². The summed E-state index contributed by atoms with van der Waals surface area (Å²) >= 11 is 0. The molecule has 1 aliphatic rings. The summed E-state index contributed by atoms with van der Waals surface area (Å²) in [5.74, 6) is -0.941. The molecule has 0 N–H and O–H groups in total. The van der Waals surface area contributed by atoms with E-state index in [-0.39, 0.29) is 11.7 Å². The summed E-state index contributed by atoms with van der Waals surface area (Å²) in [6.07, 6.45) is 0. The highest BCUT2D eigenvalue weighted by molar-refractivity contribution is 5.86. The Morgan fingerprint density at radius 3 is 2.42 bits per heavy atom. The van der Waals surface area contributed by atoms with Crippen molar-refractivity contribution in [1.82, 2.24) is 15.1 Å². The molecule has 8 heteroatoms. The van der Waals surface area contributed by atoms with E-state index < -0.39 is 17.6 Å². The molecule has 1 saturated heterocycles. The maximum Gasteiger partial charge on any atom is 0.358 e. The summed E-state index contributed by atoms with van der Waals surface area (Å²) < 4.78 is 31.7. The average Bonchev–Trinajstić information content (AvgIpc) is 2.67. The molecule has 0 saturated carbocycles. The third-order valence-corrected chi connectivity index (χ3v) is 4.64. The van der Waals surface area contributed by atoms with Gasteiger partial charge in [-0.05, 0) is 25.1 Å². The van der Waals surface area contributed by atoms with Crippen molar-refractivity contribution >= 4 is 11.8 Å². The monoisotopic (exact) mass is 362 g/mol. The van der Waals surface area contributed by atoms with Crippen LogP contribution in [-0.2, 0) is 4.74 Å². The van der Waals surface area contributed by atoms with Crippen molar-refractivity contribution in [2.75, 3.05) is 38.2 Å². The van der Waals surface area contributed by atoms with Gasteiger partial charge in [0.25, 0.3) is 0 Å². The van der Waals surface area contributed by atoms with Crippen LogP contribution in [0.5, 0.6) is 0 Å². The van der Waals surface area contributed by atoms with Crippen molar-refractivity contribution in [2.45, 2.75) is 13.0 Å². The lowest BCUT2D eigenvalue weighted by molar-refractivity contribution is 0.0592. The second kappa shape index (κ2) is 7.74. The largest absolute Gasteiger partial charge is 0.464 e. The molecule has 2 heterocycles. The van der Waals surface area contributed by atoms with Crippen molar-refractivity contribution in [3.8, 4) is 0 Å². The Kier molecular flexibility index (Phi) is 5.41. The summed E-state index contributed by atoms with van der Waals surface area (Å²) in [4.78, 5) is 15.6. The normalized spacial score (nSPS) is 16.4. The number of carbonyl (C=O) groups is 1. The summed E-state index contributed by atoms with van der Waals surface area (Å²) in [5.41, 5.74) is 0.650. The van der Waals surface area contributed by atoms with Gasteiger partial charge in [-0.25, -0.2) is 13.6 Å². The minimum atomic E-state index is -0.572. The number of rotatable bonds is 4. The molecule has 138 valence electrons. The molecule has 2 aromatic rings. The smallest absolute Gasteiger partial charge is 0.358 e. The zero-order valence-corrected chi connectivity index (χ0v) is 14.7. The van der Waals surface area contributed by atoms with E-state index in [1.807, 2.05) is 6.92 Å². The summed E-state index contributed by atoms with van der Waals surface area (Å²) in [6.45, 7) is 4.71. The number of anilines is 1. The number of hydrogen-bond donors (Lipinski definition) is 0. The van der Waals surface area contributed by atoms with E-state index in [1.54, 1.807) is 12.1 Å². The predicted octanol–water partition coefficient (Wildman–Crippen LogP) is 2.42. The van der Waals surface area contributed by atoms with Gasteiger partial charge in [0.05, 0.1) is 7.11 Å². The molecular formula is C18H20F2N4O2. The Balaban J connectivity index is 1.62. The van der Waals surface area contributed by atoms with E-state index in [4.69, 9.17) is 0 Å². The van der Waals surface area contributed by atoms with Gasteiger partial charge in [-0.1, -0.05) is 6.07 Å². The average molecular weight is 362 g/mol. The number of halogens is 2. The quantitative estimate of drug-likeness (QED) is 0.779. The fraction of sp³-hybridized carbons (Fsp3) is 0.389. The molecule has 1 aromatic carbocycles. The van der Waals surface area contributed by atoms with E-state index in [0.29, 0.717) is 37.6 Å². The standard InChI is InChI=1S/C18H20F2N4O2/c1-12(14-4-3-13(19)11-15(14)20)23-7-9-24(10-8-23)17-6-5-16(21-22-17)18(25)26-2/h3-6,11-12H,7-10H2,1-2H3. The number of carbonyl (C=O) groups excluding carboxylic acids is 1. The minimum absolute atomic E-state index is 0.148. The molecule has 26 heavy (non-hydrogen) atoms. The summed E-state index contributed by atoms with van der Waals surface area (Å²) in [7, 11) is 1.29. The summed E-state index contributed by atoms with van der Waals surface area (Å²) in [6, 6.07) is 6.86. The molecule has 0 bridgehead atoms. The van der Waals surface area contributed by atoms with Crippen molar-refractivity contribution in [2.24, 2.45) is 0 Å². The lowest BCUT2D eigenvalue weighted by Crippen LogP contribution is -2.47. The molecule has 0 amide bonds. The maximum atomic E-state index is 14.0. The zero-order valence-electron chi connectivity index (χ0n) is 14.7. The van der Waals surface area contributed by atoms with Crippen LogP contribution in [0.1, 0.15) is 29.0 Å². The van der Waals surface area contributed by atoms with E-state index in [0.717, 1.165) is 6.07 Å². The van der Waals surface area contributed by atoms with Crippen molar-refractivity contribution in [3.05, 3.63) is 53.2 Å². The second-order valence-corrected chi connectivity index (χ2v) is 6.13. The molecule has 1 fully saturated rings. The number of methoxy groups -OCH3 is 1. The van der Waals surface area contributed by atoms with Gasteiger partial charge >= 0.3 is 5.97 Å². The van der Waals surface area contributed by atoms with Crippen LogP contribution < -0.4 is 4.90 Å². The first-order chi connectivity index (χ1) is 12.5. The number of aromatic nitrogens is 2. The molecule has 1 atom stereocenters. The minimum Gasteiger partial charge on any atom is -0.464 e. The number of nitrogens with zero attached hydrogens (tertiary/aromatic N) is 4. The Bertz CT molecular complexity index is 777. The van der Waals surface area contributed by atoms with E-state index in [9.17, 15) is 13.6 Å². The number of ether oxygens (including phenoxy) is 1.